The molecule has 0 bridgehead atoms. The van der Waals surface area contributed by atoms with Gasteiger partial charge in [-0.3, -0.25) is 0 Å². The number of carbonyl (C=O) groups is 1. The van der Waals surface area contributed by atoms with Gasteiger partial charge in [0.25, 0.3) is 0 Å². The Morgan fingerprint density at radius 3 is 2.76 bits per heavy atom. The Morgan fingerprint density at radius 2 is 2.24 bits per heavy atom. The molecule has 0 spiro atoms. The largest absolute Gasteiger partial charge is 0.478 e. The molecule has 4 nitrogen and oxygen atoms in total. The molecule has 1 aliphatic rings. The predicted octanol–water partition coefficient (Wildman–Crippen LogP) is 2.69. The number of anilines is 1. The van der Waals surface area contributed by atoms with E-state index in [-0.39, 0.29) is 5.56 Å². The van der Waals surface area contributed by atoms with E-state index in [1.807, 2.05) is 0 Å². The molecule has 2 atom stereocenters. The molecule has 0 saturated heterocycles. The van der Waals surface area contributed by atoms with Crippen LogP contribution in [0, 0.1) is 12.8 Å². The van der Waals surface area contributed by atoms with Gasteiger partial charge < -0.3 is 10.4 Å². The molecule has 1 aromatic rings. The number of hydrogen-bond donors (Lipinski definition) is 2. The summed E-state index contributed by atoms with van der Waals surface area (Å²) in [6.07, 6.45) is 3.68. The number of hydrogen-bond acceptors (Lipinski definition) is 3. The summed E-state index contributed by atoms with van der Waals surface area (Å²) in [5.41, 5.74) is 0.836. The first kappa shape index (κ1) is 11.9. The summed E-state index contributed by atoms with van der Waals surface area (Å²) in [4.78, 5) is 15.2. The van der Waals surface area contributed by atoms with Crippen LogP contribution in [0.25, 0.3) is 0 Å². The topological polar surface area (TPSA) is 62.2 Å². The van der Waals surface area contributed by atoms with Crippen LogP contribution in [-0.2, 0) is 0 Å². The van der Waals surface area contributed by atoms with Crippen LogP contribution >= 0.6 is 0 Å². The lowest BCUT2D eigenvalue weighted by Gasteiger charge is -2.18. The van der Waals surface area contributed by atoms with Crippen LogP contribution in [-0.4, -0.2) is 22.1 Å². The Labute approximate surface area is 101 Å². The second kappa shape index (κ2) is 4.73. The van der Waals surface area contributed by atoms with Crippen LogP contribution in [0.2, 0.25) is 0 Å². The fraction of sp³-hybridized carbons (Fsp3) is 0.538. The van der Waals surface area contributed by atoms with Crippen molar-refractivity contribution >= 4 is 11.8 Å². The van der Waals surface area contributed by atoms with E-state index in [4.69, 9.17) is 5.11 Å². The van der Waals surface area contributed by atoms with E-state index >= 15 is 0 Å². The zero-order valence-electron chi connectivity index (χ0n) is 10.2. The Hall–Kier alpha value is -1.58. The van der Waals surface area contributed by atoms with E-state index in [1.54, 1.807) is 19.1 Å². The average Bonchev–Trinajstić information content (AvgIpc) is 2.64. The zero-order chi connectivity index (χ0) is 12.4. The number of nitrogens with zero attached hydrogens (tertiary/aromatic N) is 1. The van der Waals surface area contributed by atoms with E-state index in [2.05, 4.69) is 17.2 Å². The second-order valence-corrected chi connectivity index (χ2v) is 4.79. The van der Waals surface area contributed by atoms with Gasteiger partial charge >= 0.3 is 5.97 Å². The van der Waals surface area contributed by atoms with Gasteiger partial charge in [-0.2, -0.15) is 0 Å². The molecule has 2 N–H and O–H groups in total. The molecule has 2 unspecified atom stereocenters. The SMILES string of the molecule is Cc1nc(NC2CCCC2C)ccc1C(=O)O. The predicted molar refractivity (Wildman–Crippen MR) is 66.4 cm³/mol. The summed E-state index contributed by atoms with van der Waals surface area (Å²) in [7, 11) is 0. The number of carboxylic acids is 1. The maximum Gasteiger partial charge on any atom is 0.337 e. The van der Waals surface area contributed by atoms with Gasteiger partial charge in [0.1, 0.15) is 5.82 Å². The van der Waals surface area contributed by atoms with E-state index in [0.717, 1.165) is 5.82 Å². The third kappa shape index (κ3) is 2.57. The highest BCUT2D eigenvalue weighted by Crippen LogP contribution is 2.27. The van der Waals surface area contributed by atoms with Crippen molar-refractivity contribution in [3.8, 4) is 0 Å². The van der Waals surface area contributed by atoms with Gasteiger partial charge in [-0.15, -0.1) is 0 Å². The van der Waals surface area contributed by atoms with Crippen LogP contribution in [0.4, 0.5) is 5.82 Å². The van der Waals surface area contributed by atoms with E-state index < -0.39 is 5.97 Å². The second-order valence-electron chi connectivity index (χ2n) is 4.79. The molecule has 1 saturated carbocycles. The van der Waals surface area contributed by atoms with Crippen LogP contribution in [0.15, 0.2) is 12.1 Å². The monoisotopic (exact) mass is 234 g/mol. The third-order valence-corrected chi connectivity index (χ3v) is 3.51. The highest BCUT2D eigenvalue weighted by molar-refractivity contribution is 5.89. The van der Waals surface area contributed by atoms with Crippen LogP contribution in [0.5, 0.6) is 0 Å². The van der Waals surface area contributed by atoms with Gasteiger partial charge in [0.15, 0.2) is 0 Å². The Bertz CT molecular complexity index is 431. The van der Waals surface area contributed by atoms with Gasteiger partial charge in [0.2, 0.25) is 0 Å². The molecule has 0 aliphatic heterocycles. The maximum absolute atomic E-state index is 10.9. The normalized spacial score (nSPS) is 23.6. The molecule has 1 aliphatic carbocycles. The quantitative estimate of drug-likeness (QED) is 0.844. The standard InChI is InChI=1S/C13H18N2O2/c1-8-4-3-5-11(8)15-12-7-6-10(13(16)17)9(2)14-12/h6-8,11H,3-5H2,1-2H3,(H,14,15)(H,16,17). The van der Waals surface area contributed by atoms with Gasteiger partial charge in [-0.05, 0) is 37.8 Å². The third-order valence-electron chi connectivity index (χ3n) is 3.51. The molecule has 1 fully saturated rings. The van der Waals surface area contributed by atoms with Gasteiger partial charge in [0.05, 0.1) is 11.3 Å². The highest BCUT2D eigenvalue weighted by Gasteiger charge is 2.23. The molecule has 4 heteroatoms. The van der Waals surface area contributed by atoms with Gasteiger partial charge in [0, 0.05) is 6.04 Å². The van der Waals surface area contributed by atoms with Crippen molar-refractivity contribution in [3.05, 3.63) is 23.4 Å². The summed E-state index contributed by atoms with van der Waals surface area (Å²) in [5, 5.41) is 12.3. The zero-order valence-corrected chi connectivity index (χ0v) is 10.2. The van der Waals surface area contributed by atoms with Crippen molar-refractivity contribution in [1.82, 2.24) is 4.98 Å². The number of carboxylic acid groups (broad SMARTS) is 1. The number of aromatic carboxylic acids is 1. The van der Waals surface area contributed by atoms with Crippen molar-refractivity contribution < 1.29 is 9.90 Å². The minimum Gasteiger partial charge on any atom is -0.478 e. The first-order valence-corrected chi connectivity index (χ1v) is 6.05. The average molecular weight is 234 g/mol. The Morgan fingerprint density at radius 1 is 1.47 bits per heavy atom. The maximum atomic E-state index is 10.9. The summed E-state index contributed by atoms with van der Waals surface area (Å²) in [6.45, 7) is 3.97. The minimum atomic E-state index is -0.921. The Kier molecular flexibility index (Phi) is 3.31. The molecule has 1 aromatic heterocycles. The number of pyridine rings is 1. The smallest absolute Gasteiger partial charge is 0.337 e. The molecule has 0 aromatic carbocycles. The van der Waals surface area contributed by atoms with Crippen LogP contribution in [0.1, 0.15) is 42.2 Å². The lowest BCUT2D eigenvalue weighted by atomic mass is 10.1. The highest BCUT2D eigenvalue weighted by atomic mass is 16.4. The molecule has 1 heterocycles. The first-order chi connectivity index (χ1) is 8.08. The summed E-state index contributed by atoms with van der Waals surface area (Å²) in [6, 6.07) is 3.84. The first-order valence-electron chi connectivity index (χ1n) is 6.05. The minimum absolute atomic E-state index is 0.273. The van der Waals surface area contributed by atoms with Crippen LogP contribution in [0.3, 0.4) is 0 Å². The Balaban J connectivity index is 2.12. The summed E-state index contributed by atoms with van der Waals surface area (Å²) < 4.78 is 0. The molecule has 0 amide bonds. The molecular weight excluding hydrogens is 216 g/mol. The van der Waals surface area contributed by atoms with Crippen molar-refractivity contribution in [3.63, 3.8) is 0 Å². The van der Waals surface area contributed by atoms with E-state index in [9.17, 15) is 4.79 Å². The van der Waals surface area contributed by atoms with E-state index in [1.165, 1.54) is 19.3 Å². The van der Waals surface area contributed by atoms with Crippen LogP contribution < -0.4 is 5.32 Å². The van der Waals surface area contributed by atoms with Crippen molar-refractivity contribution in [2.45, 2.75) is 39.2 Å². The number of aromatic nitrogens is 1. The lowest BCUT2D eigenvalue weighted by molar-refractivity contribution is 0.0695. The van der Waals surface area contributed by atoms with Crippen molar-refractivity contribution in [2.75, 3.05) is 5.32 Å². The number of aryl methyl sites for hydroxylation is 1. The van der Waals surface area contributed by atoms with Gasteiger partial charge in [-0.1, -0.05) is 13.3 Å². The lowest BCUT2D eigenvalue weighted by Crippen LogP contribution is -2.22. The number of nitrogens with one attached hydrogen (secondary N) is 1. The van der Waals surface area contributed by atoms with E-state index in [0.29, 0.717) is 17.7 Å². The van der Waals surface area contributed by atoms with Crippen molar-refractivity contribution in [1.29, 1.82) is 0 Å². The summed E-state index contributed by atoms with van der Waals surface area (Å²) >= 11 is 0. The molecule has 0 radical (unpaired) electrons. The molecule has 2 rings (SSSR count). The number of rotatable bonds is 3. The summed E-state index contributed by atoms with van der Waals surface area (Å²) in [5.74, 6) is 0.526. The molecular formula is C13H18N2O2. The fourth-order valence-corrected chi connectivity index (χ4v) is 2.42. The molecule has 17 heavy (non-hydrogen) atoms. The van der Waals surface area contributed by atoms with Gasteiger partial charge in [-0.25, -0.2) is 9.78 Å². The fourth-order valence-electron chi connectivity index (χ4n) is 2.42. The van der Waals surface area contributed by atoms with Crippen molar-refractivity contribution in [2.24, 2.45) is 5.92 Å². The molecule has 92 valence electrons.